The molecule has 5 heteroatoms. The third-order valence-corrected chi connectivity index (χ3v) is 4.59. The van der Waals surface area contributed by atoms with Gasteiger partial charge in [0.05, 0.1) is 17.4 Å². The third-order valence-electron chi connectivity index (χ3n) is 4.59. The number of anilines is 1. The second-order valence-electron chi connectivity index (χ2n) is 6.70. The van der Waals surface area contributed by atoms with E-state index in [4.69, 9.17) is 0 Å². The van der Waals surface area contributed by atoms with Crippen LogP contribution in [0.2, 0.25) is 0 Å². The molecule has 0 bridgehead atoms. The highest BCUT2D eigenvalue weighted by Crippen LogP contribution is 2.38. The van der Waals surface area contributed by atoms with Gasteiger partial charge in [-0.25, -0.2) is 4.98 Å². The molecule has 5 nitrogen and oxygen atoms in total. The molecule has 0 saturated heterocycles. The van der Waals surface area contributed by atoms with Crippen molar-refractivity contribution in [3.05, 3.63) is 48.0 Å². The van der Waals surface area contributed by atoms with E-state index in [9.17, 15) is 0 Å². The first-order chi connectivity index (χ1) is 11.3. The topological polar surface area (TPSA) is 55.6 Å². The number of aromatic nitrogens is 4. The van der Waals surface area contributed by atoms with Crippen LogP contribution in [-0.2, 0) is 6.54 Å². The van der Waals surface area contributed by atoms with E-state index < -0.39 is 0 Å². The Morgan fingerprint density at radius 3 is 2.74 bits per heavy atom. The SMILES string of the molecule is c1cc2nn(Cc3ccc(C4CC4)nc3)cc2c(NC2CC2)n1. The molecule has 23 heavy (non-hydrogen) atoms. The molecule has 0 atom stereocenters. The molecule has 0 aliphatic heterocycles. The molecule has 1 N–H and O–H groups in total. The summed E-state index contributed by atoms with van der Waals surface area (Å²) in [7, 11) is 0. The van der Waals surface area contributed by atoms with Gasteiger partial charge in [-0.1, -0.05) is 6.07 Å². The Morgan fingerprint density at radius 1 is 1.09 bits per heavy atom. The third kappa shape index (κ3) is 2.67. The monoisotopic (exact) mass is 305 g/mol. The molecule has 116 valence electrons. The summed E-state index contributed by atoms with van der Waals surface area (Å²) in [5.74, 6) is 1.66. The zero-order chi connectivity index (χ0) is 15.2. The van der Waals surface area contributed by atoms with Crippen LogP contribution in [0, 0.1) is 0 Å². The molecule has 3 aromatic rings. The van der Waals surface area contributed by atoms with Crippen LogP contribution in [0.25, 0.3) is 10.9 Å². The highest BCUT2D eigenvalue weighted by atomic mass is 15.3. The van der Waals surface area contributed by atoms with Crippen LogP contribution in [0.4, 0.5) is 5.82 Å². The molecule has 0 unspecified atom stereocenters. The Morgan fingerprint density at radius 2 is 2.00 bits per heavy atom. The summed E-state index contributed by atoms with van der Waals surface area (Å²) in [6, 6.07) is 6.90. The Hall–Kier alpha value is -2.43. The number of fused-ring (bicyclic) bond motifs is 1. The molecule has 0 amide bonds. The van der Waals surface area contributed by atoms with Crippen molar-refractivity contribution in [1.82, 2.24) is 19.7 Å². The summed E-state index contributed by atoms with van der Waals surface area (Å²) in [4.78, 5) is 9.06. The van der Waals surface area contributed by atoms with E-state index in [1.807, 2.05) is 23.1 Å². The summed E-state index contributed by atoms with van der Waals surface area (Å²) < 4.78 is 1.98. The molecule has 5 rings (SSSR count). The van der Waals surface area contributed by atoms with Gasteiger partial charge in [-0.2, -0.15) is 5.10 Å². The lowest BCUT2D eigenvalue weighted by Crippen LogP contribution is -2.02. The molecular formula is C18H19N5. The second-order valence-corrected chi connectivity index (χ2v) is 6.70. The molecule has 0 aromatic carbocycles. The maximum Gasteiger partial charge on any atom is 0.137 e. The quantitative estimate of drug-likeness (QED) is 0.785. The normalized spacial score (nSPS) is 17.6. The predicted molar refractivity (Wildman–Crippen MR) is 89.5 cm³/mol. The number of pyridine rings is 2. The van der Waals surface area contributed by atoms with E-state index in [1.54, 1.807) is 0 Å². The molecular weight excluding hydrogens is 286 g/mol. The van der Waals surface area contributed by atoms with E-state index >= 15 is 0 Å². The van der Waals surface area contributed by atoms with Gasteiger partial charge in [0.15, 0.2) is 0 Å². The van der Waals surface area contributed by atoms with Crippen LogP contribution in [0.1, 0.15) is 42.9 Å². The fourth-order valence-corrected chi connectivity index (χ4v) is 2.95. The van der Waals surface area contributed by atoms with Crippen LogP contribution in [0.15, 0.2) is 36.8 Å². The minimum absolute atomic E-state index is 0.593. The Labute approximate surface area is 134 Å². The number of hydrogen-bond acceptors (Lipinski definition) is 4. The van der Waals surface area contributed by atoms with Gasteiger partial charge in [-0.15, -0.1) is 0 Å². The largest absolute Gasteiger partial charge is 0.367 e. The minimum atomic E-state index is 0.593. The summed E-state index contributed by atoms with van der Waals surface area (Å²) in [6.07, 6.45) is 11.0. The zero-order valence-electron chi connectivity index (χ0n) is 12.9. The van der Waals surface area contributed by atoms with Gasteiger partial charge in [-0.3, -0.25) is 9.67 Å². The number of hydrogen-bond donors (Lipinski definition) is 1. The first-order valence-electron chi connectivity index (χ1n) is 8.39. The molecule has 2 fully saturated rings. The fraction of sp³-hybridized carbons (Fsp3) is 0.389. The fourth-order valence-electron chi connectivity index (χ4n) is 2.95. The Balaban J connectivity index is 1.41. The molecule has 0 spiro atoms. The van der Waals surface area contributed by atoms with Crippen molar-refractivity contribution in [3.8, 4) is 0 Å². The number of nitrogens with zero attached hydrogens (tertiary/aromatic N) is 4. The van der Waals surface area contributed by atoms with Crippen molar-refractivity contribution in [2.45, 2.75) is 44.2 Å². The van der Waals surface area contributed by atoms with Gasteiger partial charge in [-0.05, 0) is 43.4 Å². The Kier molecular flexibility index (Phi) is 2.86. The van der Waals surface area contributed by atoms with E-state index in [0.29, 0.717) is 12.0 Å². The second kappa shape index (κ2) is 5.05. The van der Waals surface area contributed by atoms with Crippen LogP contribution in [-0.4, -0.2) is 25.8 Å². The average Bonchev–Trinajstić information content (AvgIpc) is 3.47. The van der Waals surface area contributed by atoms with Crippen LogP contribution < -0.4 is 5.32 Å². The van der Waals surface area contributed by atoms with Crippen molar-refractivity contribution in [2.24, 2.45) is 0 Å². The van der Waals surface area contributed by atoms with Crippen molar-refractivity contribution in [2.75, 3.05) is 5.32 Å². The number of nitrogens with one attached hydrogen (secondary N) is 1. The van der Waals surface area contributed by atoms with Gasteiger partial charge < -0.3 is 5.32 Å². The first-order valence-corrected chi connectivity index (χ1v) is 8.39. The van der Waals surface area contributed by atoms with Gasteiger partial charge >= 0.3 is 0 Å². The molecule has 2 aliphatic carbocycles. The Bertz CT molecular complexity index is 843. The molecule has 2 aliphatic rings. The van der Waals surface area contributed by atoms with Crippen molar-refractivity contribution in [3.63, 3.8) is 0 Å². The van der Waals surface area contributed by atoms with E-state index in [0.717, 1.165) is 23.3 Å². The van der Waals surface area contributed by atoms with Crippen molar-refractivity contribution in [1.29, 1.82) is 0 Å². The summed E-state index contributed by atoms with van der Waals surface area (Å²) in [5, 5.41) is 9.26. The minimum Gasteiger partial charge on any atom is -0.367 e. The van der Waals surface area contributed by atoms with E-state index in [-0.39, 0.29) is 0 Å². The number of rotatable bonds is 5. The lowest BCUT2D eigenvalue weighted by molar-refractivity contribution is 0.692. The van der Waals surface area contributed by atoms with Gasteiger partial charge in [0.2, 0.25) is 0 Å². The standard InChI is InChI=1S/C18H19N5/c1-6-16(13-2-3-13)20-9-12(1)10-23-11-15-17(22-23)7-8-19-18(15)21-14-4-5-14/h1,6-9,11,13-14H,2-5,10H2,(H,19,21). The zero-order valence-corrected chi connectivity index (χ0v) is 12.9. The molecule has 3 heterocycles. The van der Waals surface area contributed by atoms with Crippen molar-refractivity contribution < 1.29 is 0 Å². The smallest absolute Gasteiger partial charge is 0.137 e. The summed E-state index contributed by atoms with van der Waals surface area (Å²) in [5.41, 5.74) is 3.41. The molecule has 3 aromatic heterocycles. The van der Waals surface area contributed by atoms with Gasteiger partial charge in [0.1, 0.15) is 5.82 Å². The van der Waals surface area contributed by atoms with E-state index in [2.05, 4.69) is 38.7 Å². The maximum absolute atomic E-state index is 4.68. The average molecular weight is 305 g/mol. The highest BCUT2D eigenvalue weighted by Gasteiger charge is 2.24. The van der Waals surface area contributed by atoms with Gasteiger partial charge in [0, 0.05) is 36.2 Å². The van der Waals surface area contributed by atoms with Crippen LogP contribution >= 0.6 is 0 Å². The van der Waals surface area contributed by atoms with Crippen molar-refractivity contribution >= 4 is 16.7 Å². The summed E-state index contributed by atoms with van der Waals surface area (Å²) in [6.45, 7) is 0.746. The lowest BCUT2D eigenvalue weighted by atomic mass is 10.2. The molecule has 2 saturated carbocycles. The van der Waals surface area contributed by atoms with Crippen LogP contribution in [0.3, 0.4) is 0 Å². The highest BCUT2D eigenvalue weighted by molar-refractivity contribution is 5.88. The predicted octanol–water partition coefficient (Wildman–Crippen LogP) is 3.33. The maximum atomic E-state index is 4.68. The lowest BCUT2D eigenvalue weighted by Gasteiger charge is -2.03. The van der Waals surface area contributed by atoms with E-state index in [1.165, 1.54) is 36.9 Å². The summed E-state index contributed by atoms with van der Waals surface area (Å²) >= 11 is 0. The van der Waals surface area contributed by atoms with Gasteiger partial charge in [0.25, 0.3) is 0 Å². The first kappa shape index (κ1) is 13.0. The van der Waals surface area contributed by atoms with Crippen LogP contribution in [0.5, 0.6) is 0 Å². The molecule has 0 radical (unpaired) electrons.